The number of nitrogens with one attached hydrogen (secondary N) is 3. The van der Waals surface area contributed by atoms with Crippen molar-refractivity contribution >= 4 is 27.5 Å². The lowest BCUT2D eigenvalue weighted by Crippen LogP contribution is -2.26. The van der Waals surface area contributed by atoms with Crippen molar-refractivity contribution in [2.75, 3.05) is 5.32 Å². The number of pyridine rings is 2. The van der Waals surface area contributed by atoms with Gasteiger partial charge in [0.25, 0.3) is 17.0 Å². The summed E-state index contributed by atoms with van der Waals surface area (Å²) in [5.41, 5.74) is 1.54. The Kier molecular flexibility index (Phi) is 4.67. The standard InChI is InChI=1S/C18H14BrN3O3/c1-10-3-2-4-11(7-10)14-6-5-13(16(23)21-14)17(24)22-15-8-12(19)9-20-18(15)25/h2-9H,1H3,(H,20,25)(H,21,23)(H,22,24). The van der Waals surface area contributed by atoms with Gasteiger partial charge in [0, 0.05) is 16.4 Å². The Morgan fingerprint density at radius 2 is 1.88 bits per heavy atom. The van der Waals surface area contributed by atoms with E-state index in [0.717, 1.165) is 11.1 Å². The average molecular weight is 400 g/mol. The van der Waals surface area contributed by atoms with E-state index < -0.39 is 17.0 Å². The fraction of sp³-hybridized carbons (Fsp3) is 0.0556. The molecule has 6 nitrogen and oxygen atoms in total. The van der Waals surface area contributed by atoms with E-state index in [1.54, 1.807) is 6.07 Å². The van der Waals surface area contributed by atoms with Crippen molar-refractivity contribution in [3.63, 3.8) is 0 Å². The molecule has 25 heavy (non-hydrogen) atoms. The molecule has 0 bridgehead atoms. The number of benzene rings is 1. The van der Waals surface area contributed by atoms with Crippen LogP contribution in [0.25, 0.3) is 11.3 Å². The number of amides is 1. The zero-order chi connectivity index (χ0) is 18.0. The SMILES string of the molecule is Cc1cccc(-c2ccc(C(=O)Nc3cc(Br)c[nH]c3=O)c(=O)[nH]2)c1. The fourth-order valence-corrected chi connectivity index (χ4v) is 2.72. The molecule has 1 amide bonds. The summed E-state index contributed by atoms with van der Waals surface area (Å²) >= 11 is 3.21. The first kappa shape index (κ1) is 16.9. The van der Waals surface area contributed by atoms with Crippen LogP contribution in [0.3, 0.4) is 0 Å². The third-order valence-electron chi connectivity index (χ3n) is 3.60. The van der Waals surface area contributed by atoms with Gasteiger partial charge in [-0.25, -0.2) is 0 Å². The Hall–Kier alpha value is -2.93. The largest absolute Gasteiger partial charge is 0.326 e. The summed E-state index contributed by atoms with van der Waals surface area (Å²) in [7, 11) is 0. The molecular formula is C18H14BrN3O3. The van der Waals surface area contributed by atoms with Crippen LogP contribution in [0, 0.1) is 6.92 Å². The van der Waals surface area contributed by atoms with E-state index in [4.69, 9.17) is 0 Å². The first-order valence-corrected chi connectivity index (χ1v) is 8.23. The molecule has 0 unspecified atom stereocenters. The van der Waals surface area contributed by atoms with Crippen molar-refractivity contribution in [2.24, 2.45) is 0 Å². The Morgan fingerprint density at radius 1 is 1.08 bits per heavy atom. The van der Waals surface area contributed by atoms with E-state index >= 15 is 0 Å². The van der Waals surface area contributed by atoms with Gasteiger partial charge in [0.1, 0.15) is 11.3 Å². The summed E-state index contributed by atoms with van der Waals surface area (Å²) < 4.78 is 0.603. The average Bonchev–Trinajstić information content (AvgIpc) is 2.58. The van der Waals surface area contributed by atoms with E-state index in [0.29, 0.717) is 10.2 Å². The summed E-state index contributed by atoms with van der Waals surface area (Å²) in [4.78, 5) is 41.5. The summed E-state index contributed by atoms with van der Waals surface area (Å²) in [5, 5.41) is 2.44. The smallest absolute Gasteiger partial charge is 0.271 e. The number of carbonyl (C=O) groups is 1. The summed E-state index contributed by atoms with van der Waals surface area (Å²) in [5.74, 6) is -0.652. The minimum Gasteiger partial charge on any atom is -0.326 e. The Bertz CT molecular complexity index is 1070. The van der Waals surface area contributed by atoms with Crippen molar-refractivity contribution in [3.8, 4) is 11.3 Å². The van der Waals surface area contributed by atoms with Crippen molar-refractivity contribution in [1.29, 1.82) is 0 Å². The minimum atomic E-state index is -0.652. The quantitative estimate of drug-likeness (QED) is 0.631. The zero-order valence-corrected chi connectivity index (χ0v) is 14.8. The lowest BCUT2D eigenvalue weighted by molar-refractivity contribution is 0.102. The van der Waals surface area contributed by atoms with Crippen molar-refractivity contribution in [1.82, 2.24) is 9.97 Å². The predicted molar refractivity (Wildman–Crippen MR) is 100.0 cm³/mol. The third kappa shape index (κ3) is 3.77. The maximum Gasteiger partial charge on any atom is 0.271 e. The van der Waals surface area contributed by atoms with Crippen LogP contribution in [0.1, 0.15) is 15.9 Å². The number of carbonyl (C=O) groups excluding carboxylic acids is 1. The Labute approximate surface area is 151 Å². The van der Waals surface area contributed by atoms with E-state index in [1.165, 1.54) is 18.3 Å². The molecule has 1 aromatic carbocycles. The maximum absolute atomic E-state index is 12.3. The molecule has 0 radical (unpaired) electrons. The third-order valence-corrected chi connectivity index (χ3v) is 4.06. The van der Waals surface area contributed by atoms with Crippen LogP contribution in [0.4, 0.5) is 5.69 Å². The topological polar surface area (TPSA) is 94.8 Å². The van der Waals surface area contributed by atoms with Gasteiger partial charge in [-0.15, -0.1) is 0 Å². The van der Waals surface area contributed by atoms with Crippen LogP contribution in [-0.2, 0) is 0 Å². The molecule has 0 aliphatic carbocycles. The number of aryl methyl sites for hydroxylation is 1. The number of rotatable bonds is 3. The lowest BCUT2D eigenvalue weighted by Gasteiger charge is -2.06. The van der Waals surface area contributed by atoms with Crippen LogP contribution < -0.4 is 16.4 Å². The molecule has 0 fully saturated rings. The van der Waals surface area contributed by atoms with Crippen molar-refractivity contribution in [3.05, 3.63) is 85.0 Å². The second-order valence-electron chi connectivity index (χ2n) is 5.50. The number of aromatic amines is 2. The van der Waals surface area contributed by atoms with Crippen molar-refractivity contribution in [2.45, 2.75) is 6.92 Å². The number of aromatic nitrogens is 2. The van der Waals surface area contributed by atoms with Gasteiger partial charge in [-0.1, -0.05) is 23.8 Å². The predicted octanol–water partition coefficient (Wildman–Crippen LogP) is 3.05. The van der Waals surface area contributed by atoms with Gasteiger partial charge in [0.05, 0.1) is 0 Å². The highest BCUT2D eigenvalue weighted by atomic mass is 79.9. The molecule has 3 rings (SSSR count). The number of anilines is 1. The fourth-order valence-electron chi connectivity index (χ4n) is 2.37. The molecule has 0 spiro atoms. The summed E-state index contributed by atoms with van der Waals surface area (Å²) in [6.07, 6.45) is 1.46. The molecule has 0 atom stereocenters. The van der Waals surface area contributed by atoms with Crippen LogP contribution in [0.2, 0.25) is 0 Å². The number of halogens is 1. The molecule has 0 saturated carbocycles. The maximum atomic E-state index is 12.3. The van der Waals surface area contributed by atoms with Gasteiger partial charge in [-0.3, -0.25) is 14.4 Å². The molecule has 0 aliphatic rings. The lowest BCUT2D eigenvalue weighted by atomic mass is 10.1. The first-order chi connectivity index (χ1) is 11.9. The van der Waals surface area contributed by atoms with Crippen molar-refractivity contribution < 1.29 is 4.79 Å². The van der Waals surface area contributed by atoms with Crippen LogP contribution in [-0.4, -0.2) is 15.9 Å². The van der Waals surface area contributed by atoms with Crippen LogP contribution in [0.15, 0.2) is 62.7 Å². The monoisotopic (exact) mass is 399 g/mol. The Balaban J connectivity index is 1.90. The zero-order valence-electron chi connectivity index (χ0n) is 13.2. The molecule has 3 aromatic rings. The molecule has 7 heteroatoms. The Morgan fingerprint density at radius 3 is 2.60 bits per heavy atom. The first-order valence-electron chi connectivity index (χ1n) is 7.44. The molecule has 0 saturated heterocycles. The van der Waals surface area contributed by atoms with Gasteiger partial charge in [-0.05, 0) is 52.7 Å². The number of H-pyrrole nitrogens is 2. The van der Waals surface area contributed by atoms with E-state index in [2.05, 4.69) is 31.2 Å². The second-order valence-corrected chi connectivity index (χ2v) is 6.41. The van der Waals surface area contributed by atoms with Crippen LogP contribution >= 0.6 is 15.9 Å². The molecule has 2 heterocycles. The highest BCUT2D eigenvalue weighted by molar-refractivity contribution is 9.10. The summed E-state index contributed by atoms with van der Waals surface area (Å²) in [6.45, 7) is 1.96. The second kappa shape index (κ2) is 6.90. The minimum absolute atomic E-state index is 0.0570. The molecule has 0 aliphatic heterocycles. The molecular weight excluding hydrogens is 386 g/mol. The number of hydrogen-bond donors (Lipinski definition) is 3. The highest BCUT2D eigenvalue weighted by Gasteiger charge is 2.13. The van der Waals surface area contributed by atoms with Gasteiger partial charge in [0.2, 0.25) is 0 Å². The van der Waals surface area contributed by atoms with E-state index in [9.17, 15) is 14.4 Å². The molecule has 2 aromatic heterocycles. The normalized spacial score (nSPS) is 10.5. The van der Waals surface area contributed by atoms with Gasteiger partial charge < -0.3 is 15.3 Å². The van der Waals surface area contributed by atoms with Crippen LogP contribution in [0.5, 0.6) is 0 Å². The molecule has 3 N–H and O–H groups in total. The van der Waals surface area contributed by atoms with Gasteiger partial charge in [-0.2, -0.15) is 0 Å². The number of hydrogen-bond acceptors (Lipinski definition) is 3. The van der Waals surface area contributed by atoms with Gasteiger partial charge in [0.15, 0.2) is 0 Å². The van der Waals surface area contributed by atoms with E-state index in [-0.39, 0.29) is 11.3 Å². The van der Waals surface area contributed by atoms with Gasteiger partial charge >= 0.3 is 0 Å². The molecule has 126 valence electrons. The van der Waals surface area contributed by atoms with E-state index in [1.807, 2.05) is 31.2 Å². The summed E-state index contributed by atoms with van der Waals surface area (Å²) in [6, 6.07) is 12.2. The highest BCUT2D eigenvalue weighted by Crippen LogP contribution is 2.17.